The molecule has 3 aliphatic rings. The van der Waals surface area contributed by atoms with Crippen LogP contribution < -0.4 is 0 Å². The number of allylic oxidation sites excluding steroid dienone is 3. The van der Waals surface area contributed by atoms with E-state index >= 15 is 8.78 Å². The van der Waals surface area contributed by atoms with Crippen molar-refractivity contribution in [1.82, 2.24) is 5.06 Å². The number of carbonyl (C=O) groups excluding carboxylic acids is 2. The molecule has 0 saturated heterocycles. The maximum atomic E-state index is 17.6. The van der Waals surface area contributed by atoms with Crippen LogP contribution in [0.3, 0.4) is 0 Å². The Morgan fingerprint density at radius 1 is 1.21 bits per heavy atom. The van der Waals surface area contributed by atoms with E-state index in [2.05, 4.69) is 13.5 Å². The van der Waals surface area contributed by atoms with Crippen molar-refractivity contribution < 1.29 is 28.3 Å². The van der Waals surface area contributed by atoms with Gasteiger partial charge < -0.3 is 5.11 Å². The summed E-state index contributed by atoms with van der Waals surface area (Å²) in [5.41, 5.74) is -5.04. The number of rotatable bonds is 10. The lowest BCUT2D eigenvalue weighted by atomic mass is 9.45. The predicted molar refractivity (Wildman–Crippen MR) is 169 cm³/mol. The molecule has 1 aromatic rings. The maximum absolute atomic E-state index is 17.6. The minimum Gasteiger partial charge on any atom is -0.390 e. The van der Waals surface area contributed by atoms with E-state index in [0.29, 0.717) is 23.7 Å². The lowest BCUT2D eigenvalue weighted by Gasteiger charge is -2.63. The molecule has 3 aliphatic carbocycles. The highest BCUT2D eigenvalue weighted by molar-refractivity contribution is 8.13. The monoisotopic (exact) mass is 637 g/mol. The van der Waals surface area contributed by atoms with Gasteiger partial charge in [0.1, 0.15) is 11.8 Å². The van der Waals surface area contributed by atoms with Crippen LogP contribution >= 0.6 is 23.4 Å². The molecule has 0 radical (unpaired) electrons. The first kappa shape index (κ1) is 34.3. The van der Waals surface area contributed by atoms with Crippen molar-refractivity contribution in [3.8, 4) is 0 Å². The Balaban J connectivity index is 1.78. The molecule has 0 aliphatic heterocycles. The van der Waals surface area contributed by atoms with Crippen LogP contribution in [0.25, 0.3) is 0 Å². The highest BCUT2D eigenvalue weighted by Crippen LogP contribution is 2.71. The van der Waals surface area contributed by atoms with E-state index in [4.69, 9.17) is 16.4 Å². The van der Waals surface area contributed by atoms with Gasteiger partial charge in [0.25, 0.3) is 0 Å². The second kappa shape index (κ2) is 12.7. The van der Waals surface area contributed by atoms with Crippen molar-refractivity contribution in [2.75, 3.05) is 12.8 Å². The summed E-state index contributed by atoms with van der Waals surface area (Å²) in [7, 11) is 1.78. The Kier molecular flexibility index (Phi) is 10.1. The number of aliphatic hydroxyl groups is 1. The zero-order valence-corrected chi connectivity index (χ0v) is 27.7. The minimum absolute atomic E-state index is 0.0348. The van der Waals surface area contributed by atoms with E-state index in [-0.39, 0.29) is 29.4 Å². The van der Waals surface area contributed by atoms with Crippen LogP contribution in [0.5, 0.6) is 0 Å². The Morgan fingerprint density at radius 2 is 1.86 bits per heavy atom. The Bertz CT molecular complexity index is 1260. The third kappa shape index (κ3) is 5.58. The number of unbranched alkanes of at least 4 members (excludes halogenated alkanes) is 1. The van der Waals surface area contributed by atoms with Crippen molar-refractivity contribution in [3.63, 3.8) is 0 Å². The third-order valence-corrected chi connectivity index (χ3v) is 12.0. The number of alkyl halides is 2. The van der Waals surface area contributed by atoms with Crippen LogP contribution in [0.2, 0.25) is 5.02 Å². The smallest absolute Gasteiger partial charge is 0.223 e. The third-order valence-electron chi connectivity index (χ3n) is 10.7. The number of nitrogens with zero attached hydrogens (tertiary/aromatic N) is 1. The molecular weight excluding hydrogens is 592 g/mol. The van der Waals surface area contributed by atoms with Crippen molar-refractivity contribution in [2.45, 2.75) is 96.8 Å². The molecule has 3 fully saturated rings. The number of aliphatic hydroxyl groups excluding tert-OH is 1. The van der Waals surface area contributed by atoms with Crippen LogP contribution in [-0.4, -0.2) is 57.4 Å². The molecule has 0 amide bonds. The van der Waals surface area contributed by atoms with Gasteiger partial charge in [0, 0.05) is 41.1 Å². The fourth-order valence-corrected chi connectivity index (χ4v) is 9.95. The van der Waals surface area contributed by atoms with Gasteiger partial charge in [0.05, 0.1) is 6.10 Å². The van der Waals surface area contributed by atoms with Crippen LogP contribution in [-0.2, 0) is 21.0 Å². The average Bonchev–Trinajstić information content (AvgIpc) is 3.16. The molecule has 43 heavy (non-hydrogen) atoms. The zero-order chi connectivity index (χ0) is 32.0. The van der Waals surface area contributed by atoms with E-state index in [1.807, 2.05) is 26.0 Å². The second-order valence-electron chi connectivity index (χ2n) is 13.5. The van der Waals surface area contributed by atoms with Crippen molar-refractivity contribution >= 4 is 34.3 Å². The van der Waals surface area contributed by atoms with Crippen molar-refractivity contribution in [3.05, 3.63) is 59.2 Å². The van der Waals surface area contributed by atoms with Gasteiger partial charge in [-0.1, -0.05) is 83.1 Å². The number of hydrogen-bond donors (Lipinski definition) is 1. The van der Waals surface area contributed by atoms with Crippen molar-refractivity contribution in [2.24, 2.45) is 28.6 Å². The molecule has 0 bridgehead atoms. The number of hydroxylamine groups is 2. The maximum Gasteiger partial charge on any atom is 0.223 e. The van der Waals surface area contributed by atoms with E-state index in [0.717, 1.165) is 30.6 Å². The van der Waals surface area contributed by atoms with E-state index in [9.17, 15) is 14.7 Å². The number of ketones is 1. The highest BCUT2D eigenvalue weighted by Gasteiger charge is 2.77. The SMILES string of the molecule is C=CC(=O)/C=C1/[C@@H](F)C[C@H]2C3C[C@@H](C)[C@](ON(C)Cc4ccc(Cl)cc4)(C(=O)SCCCC)C3(C)C[C@H](O)[C@]2(F)C1(C)C. The molecule has 1 N–H and O–H groups in total. The largest absolute Gasteiger partial charge is 0.390 e. The van der Waals surface area contributed by atoms with Gasteiger partial charge in [-0.15, -0.1) is 0 Å². The predicted octanol–water partition coefficient (Wildman–Crippen LogP) is 7.70. The molecule has 0 aromatic heterocycles. The zero-order valence-electron chi connectivity index (χ0n) is 26.2. The molecule has 9 heteroatoms. The standard InChI is InChI=1S/C34H46ClF2NO4S/c1-8-10-15-43-30(41)34(42-38(7)20-22-11-13-23(35)14-12-22)21(3)16-25-26-18-28(36)27(17-24(39)9-2)31(4,5)33(26,37)29(40)19-32(25,34)6/h9,11-14,17,21,25-26,28-29,40H,2,8,10,15-16,18-20H2,1,3-7H3/b27-17-/t21-,25?,26+,28+,29+,32?,33+,34+/m1/s1. The molecule has 0 spiro atoms. The minimum atomic E-state index is -2.21. The average molecular weight is 638 g/mol. The summed E-state index contributed by atoms with van der Waals surface area (Å²) >= 11 is 7.31. The summed E-state index contributed by atoms with van der Waals surface area (Å²) in [5.74, 6) is -1.52. The fourth-order valence-electron chi connectivity index (χ4n) is 8.52. The number of benzene rings is 1. The number of hydrogen-bond acceptors (Lipinski definition) is 6. The van der Waals surface area contributed by atoms with E-state index in [1.165, 1.54) is 11.8 Å². The summed E-state index contributed by atoms with van der Waals surface area (Å²) in [6.07, 6.45) is 1.15. The first-order valence-electron chi connectivity index (χ1n) is 15.3. The topological polar surface area (TPSA) is 66.8 Å². The molecule has 3 saturated carbocycles. The Labute approximate surface area is 264 Å². The van der Waals surface area contributed by atoms with Crippen molar-refractivity contribution in [1.29, 1.82) is 0 Å². The van der Waals surface area contributed by atoms with Gasteiger partial charge >= 0.3 is 0 Å². The molecule has 2 unspecified atom stereocenters. The molecule has 5 nitrogen and oxygen atoms in total. The van der Waals surface area contributed by atoms with Crippen LogP contribution in [0.4, 0.5) is 8.78 Å². The quantitative estimate of drug-likeness (QED) is 0.161. The summed E-state index contributed by atoms with van der Waals surface area (Å²) in [5, 5.41) is 13.9. The van der Waals surface area contributed by atoms with Gasteiger partial charge in [0.2, 0.25) is 5.12 Å². The summed E-state index contributed by atoms with van der Waals surface area (Å²) < 4.78 is 33.6. The first-order chi connectivity index (χ1) is 20.1. The highest BCUT2D eigenvalue weighted by atomic mass is 35.5. The van der Waals surface area contributed by atoms with Gasteiger partial charge in [-0.25, -0.2) is 8.78 Å². The van der Waals surface area contributed by atoms with Gasteiger partial charge in [0.15, 0.2) is 11.4 Å². The van der Waals surface area contributed by atoms with Gasteiger partial charge in [-0.2, -0.15) is 5.06 Å². The fraction of sp³-hybridized carbons (Fsp3) is 0.647. The first-order valence-corrected chi connectivity index (χ1v) is 16.7. The number of carbonyl (C=O) groups is 2. The molecule has 238 valence electrons. The van der Waals surface area contributed by atoms with Crippen LogP contribution in [0, 0.1) is 28.6 Å². The molecule has 0 heterocycles. The summed E-state index contributed by atoms with van der Waals surface area (Å²) in [6, 6.07) is 7.38. The normalized spacial score (nSPS) is 37.7. The summed E-state index contributed by atoms with van der Waals surface area (Å²) in [4.78, 5) is 33.4. The molecule has 1 aromatic carbocycles. The molecule has 8 atom stereocenters. The molecule has 4 rings (SSSR count). The lowest BCUT2D eigenvalue weighted by molar-refractivity contribution is -0.292. The second-order valence-corrected chi connectivity index (χ2v) is 15.0. The number of thioether (sulfide) groups is 1. The Morgan fingerprint density at radius 3 is 2.47 bits per heavy atom. The van der Waals surface area contributed by atoms with Gasteiger partial charge in [-0.05, 0) is 72.9 Å². The van der Waals surface area contributed by atoms with Crippen LogP contribution in [0.1, 0.15) is 72.3 Å². The van der Waals surface area contributed by atoms with Gasteiger partial charge in [-0.3, -0.25) is 14.4 Å². The Hall–Kier alpha value is -1.58. The lowest BCUT2D eigenvalue weighted by Crippen LogP contribution is -2.70. The number of fused-ring (bicyclic) bond motifs is 3. The summed E-state index contributed by atoms with van der Waals surface area (Å²) in [6.45, 7) is 12.9. The molecular formula is C34H46ClF2NO4S. The van der Waals surface area contributed by atoms with E-state index < -0.39 is 52.0 Å². The number of halogens is 3. The van der Waals surface area contributed by atoms with E-state index in [1.54, 1.807) is 38.1 Å². The van der Waals surface area contributed by atoms with Crippen LogP contribution in [0.15, 0.2) is 48.6 Å².